The Bertz CT molecular complexity index is 365. The van der Waals surface area contributed by atoms with Crippen LogP contribution in [0.5, 0.6) is 5.75 Å². The average Bonchev–Trinajstić information content (AvgIpc) is 2.37. The van der Waals surface area contributed by atoms with Gasteiger partial charge in [0.1, 0.15) is 11.9 Å². The van der Waals surface area contributed by atoms with Gasteiger partial charge in [-0.3, -0.25) is 4.79 Å². The zero-order chi connectivity index (χ0) is 14.1. The summed E-state index contributed by atoms with van der Waals surface area (Å²) in [4.78, 5) is 11.5. The molecule has 0 radical (unpaired) electrons. The Balaban J connectivity index is 2.16. The molecule has 1 rings (SSSR count). The third-order valence-electron chi connectivity index (χ3n) is 2.45. The van der Waals surface area contributed by atoms with E-state index in [2.05, 4.69) is 5.32 Å². The van der Waals surface area contributed by atoms with Gasteiger partial charge < -0.3 is 14.8 Å². The zero-order valence-electron chi connectivity index (χ0n) is 11.9. The quantitative estimate of drug-likeness (QED) is 0.785. The number of amides is 1. The fourth-order valence-electron chi connectivity index (χ4n) is 1.51. The minimum Gasteiger partial charge on any atom is -0.489 e. The molecule has 0 heterocycles. The smallest absolute Gasteiger partial charge is 0.222 e. The summed E-state index contributed by atoms with van der Waals surface area (Å²) in [7, 11) is 0. The zero-order valence-corrected chi connectivity index (χ0v) is 11.9. The van der Waals surface area contributed by atoms with Gasteiger partial charge in [-0.1, -0.05) is 18.2 Å². The lowest BCUT2D eigenvalue weighted by Crippen LogP contribution is -2.34. The Morgan fingerprint density at radius 1 is 1.21 bits per heavy atom. The van der Waals surface area contributed by atoms with Gasteiger partial charge in [-0.2, -0.15) is 0 Å². The van der Waals surface area contributed by atoms with Crippen molar-refractivity contribution < 1.29 is 14.3 Å². The van der Waals surface area contributed by atoms with Crippen molar-refractivity contribution in [3.8, 4) is 5.75 Å². The van der Waals surface area contributed by atoms with Crippen molar-refractivity contribution in [2.45, 2.75) is 39.4 Å². The molecule has 0 aliphatic rings. The van der Waals surface area contributed by atoms with Crippen LogP contribution in [0.25, 0.3) is 0 Å². The second-order valence-corrected chi connectivity index (χ2v) is 4.72. The van der Waals surface area contributed by atoms with Crippen LogP contribution in [0.4, 0.5) is 0 Å². The highest BCUT2D eigenvalue weighted by atomic mass is 16.5. The van der Waals surface area contributed by atoms with Crippen LogP contribution in [0.2, 0.25) is 0 Å². The van der Waals surface area contributed by atoms with Gasteiger partial charge >= 0.3 is 0 Å². The molecule has 106 valence electrons. The molecule has 4 nitrogen and oxygen atoms in total. The topological polar surface area (TPSA) is 47.6 Å². The Hall–Kier alpha value is -1.55. The molecule has 0 aliphatic heterocycles. The van der Waals surface area contributed by atoms with Crippen LogP contribution in [0.3, 0.4) is 0 Å². The molecule has 1 aromatic rings. The highest BCUT2D eigenvalue weighted by molar-refractivity contribution is 5.75. The molecule has 1 amide bonds. The molecule has 0 saturated heterocycles. The van der Waals surface area contributed by atoms with Crippen molar-refractivity contribution in [3.63, 3.8) is 0 Å². The van der Waals surface area contributed by atoms with Gasteiger partial charge in [0.05, 0.1) is 19.3 Å². The summed E-state index contributed by atoms with van der Waals surface area (Å²) in [5, 5.41) is 2.83. The van der Waals surface area contributed by atoms with E-state index in [1.54, 1.807) is 0 Å². The maximum atomic E-state index is 11.5. The van der Waals surface area contributed by atoms with Gasteiger partial charge in [0, 0.05) is 6.42 Å². The van der Waals surface area contributed by atoms with Gasteiger partial charge in [0.2, 0.25) is 5.91 Å². The predicted molar refractivity (Wildman–Crippen MR) is 75.2 cm³/mol. The van der Waals surface area contributed by atoms with Crippen LogP contribution >= 0.6 is 0 Å². The van der Waals surface area contributed by atoms with E-state index in [9.17, 15) is 4.79 Å². The predicted octanol–water partition coefficient (Wildman–Crippen LogP) is 2.39. The maximum Gasteiger partial charge on any atom is 0.222 e. The van der Waals surface area contributed by atoms with Gasteiger partial charge in [-0.15, -0.1) is 0 Å². The Morgan fingerprint density at radius 2 is 1.89 bits per heavy atom. The van der Waals surface area contributed by atoms with E-state index in [1.807, 2.05) is 51.1 Å². The van der Waals surface area contributed by atoms with Crippen LogP contribution in [0.1, 0.15) is 27.2 Å². The summed E-state index contributed by atoms with van der Waals surface area (Å²) >= 11 is 0. The number of hydrogen-bond acceptors (Lipinski definition) is 3. The number of para-hydroxylation sites is 1. The second-order valence-electron chi connectivity index (χ2n) is 4.72. The fraction of sp³-hybridized carbons (Fsp3) is 0.533. The van der Waals surface area contributed by atoms with E-state index in [-0.39, 0.29) is 18.1 Å². The SMILES string of the molecule is CC(C)OCCC(=O)NCC(C)Oc1ccccc1. The van der Waals surface area contributed by atoms with Crippen molar-refractivity contribution in [1.82, 2.24) is 5.32 Å². The normalized spacial score (nSPS) is 12.2. The van der Waals surface area contributed by atoms with Crippen molar-refractivity contribution in [2.75, 3.05) is 13.2 Å². The Labute approximate surface area is 115 Å². The van der Waals surface area contributed by atoms with Gasteiger partial charge in [-0.05, 0) is 32.9 Å². The first-order valence-electron chi connectivity index (χ1n) is 6.68. The monoisotopic (exact) mass is 265 g/mol. The van der Waals surface area contributed by atoms with Crippen LogP contribution < -0.4 is 10.1 Å². The summed E-state index contributed by atoms with van der Waals surface area (Å²) in [5.41, 5.74) is 0. The number of rotatable bonds is 8. The first kappa shape index (κ1) is 15.5. The molecule has 19 heavy (non-hydrogen) atoms. The molecule has 1 unspecified atom stereocenters. The van der Waals surface area contributed by atoms with Crippen molar-refractivity contribution in [2.24, 2.45) is 0 Å². The first-order valence-corrected chi connectivity index (χ1v) is 6.68. The fourth-order valence-corrected chi connectivity index (χ4v) is 1.51. The van der Waals surface area contributed by atoms with E-state index >= 15 is 0 Å². The van der Waals surface area contributed by atoms with E-state index in [4.69, 9.17) is 9.47 Å². The number of carbonyl (C=O) groups excluding carboxylic acids is 1. The number of ether oxygens (including phenoxy) is 2. The van der Waals surface area contributed by atoms with E-state index < -0.39 is 0 Å². The average molecular weight is 265 g/mol. The van der Waals surface area contributed by atoms with E-state index in [0.717, 1.165) is 5.75 Å². The van der Waals surface area contributed by atoms with Crippen LogP contribution in [0.15, 0.2) is 30.3 Å². The summed E-state index contributed by atoms with van der Waals surface area (Å²) in [6, 6.07) is 9.57. The molecule has 0 fully saturated rings. The molecule has 0 aliphatic carbocycles. The highest BCUT2D eigenvalue weighted by Gasteiger charge is 2.07. The number of carbonyl (C=O) groups is 1. The summed E-state index contributed by atoms with van der Waals surface area (Å²) in [6.07, 6.45) is 0.487. The van der Waals surface area contributed by atoms with Gasteiger partial charge in [0.25, 0.3) is 0 Å². The maximum absolute atomic E-state index is 11.5. The minimum atomic E-state index is -0.0580. The lowest BCUT2D eigenvalue weighted by atomic mass is 10.3. The molecule has 0 spiro atoms. The first-order chi connectivity index (χ1) is 9.08. The summed E-state index contributed by atoms with van der Waals surface area (Å²) in [6.45, 7) is 6.78. The Morgan fingerprint density at radius 3 is 2.53 bits per heavy atom. The largest absolute Gasteiger partial charge is 0.489 e. The standard InChI is InChI=1S/C15H23NO3/c1-12(2)18-10-9-15(17)16-11-13(3)19-14-7-5-4-6-8-14/h4-8,12-13H,9-11H2,1-3H3,(H,16,17). The molecule has 0 saturated carbocycles. The van der Waals surface area contributed by atoms with Crippen LogP contribution in [0, 0.1) is 0 Å². The lowest BCUT2D eigenvalue weighted by molar-refractivity contribution is -0.122. The summed E-state index contributed by atoms with van der Waals surface area (Å²) in [5.74, 6) is 0.802. The number of benzene rings is 1. The molecule has 0 bridgehead atoms. The molecule has 1 atom stereocenters. The molecular formula is C15H23NO3. The number of hydrogen-bond donors (Lipinski definition) is 1. The third-order valence-corrected chi connectivity index (χ3v) is 2.45. The van der Waals surface area contributed by atoms with Gasteiger partial charge in [0.15, 0.2) is 0 Å². The van der Waals surface area contributed by atoms with E-state index in [1.165, 1.54) is 0 Å². The van der Waals surface area contributed by atoms with Crippen molar-refractivity contribution >= 4 is 5.91 Å². The molecule has 1 N–H and O–H groups in total. The minimum absolute atomic E-state index is 0.0100. The second kappa shape index (κ2) is 8.53. The summed E-state index contributed by atoms with van der Waals surface area (Å²) < 4.78 is 11.0. The van der Waals surface area contributed by atoms with Crippen molar-refractivity contribution in [1.29, 1.82) is 0 Å². The number of nitrogens with one attached hydrogen (secondary N) is 1. The molecule has 4 heteroatoms. The van der Waals surface area contributed by atoms with Gasteiger partial charge in [-0.25, -0.2) is 0 Å². The third kappa shape index (κ3) is 7.47. The lowest BCUT2D eigenvalue weighted by Gasteiger charge is -2.15. The van der Waals surface area contributed by atoms with Crippen LogP contribution in [-0.2, 0) is 9.53 Å². The molecule has 0 aromatic heterocycles. The molecular weight excluding hydrogens is 242 g/mol. The highest BCUT2D eigenvalue weighted by Crippen LogP contribution is 2.10. The molecule has 1 aromatic carbocycles. The van der Waals surface area contributed by atoms with E-state index in [0.29, 0.717) is 19.6 Å². The van der Waals surface area contributed by atoms with Crippen LogP contribution in [-0.4, -0.2) is 31.3 Å². The Kier molecular flexibility index (Phi) is 6.97. The van der Waals surface area contributed by atoms with Crippen molar-refractivity contribution in [3.05, 3.63) is 30.3 Å².